The van der Waals surface area contributed by atoms with Gasteiger partial charge in [0.2, 0.25) is 0 Å². The lowest BCUT2D eigenvalue weighted by Crippen LogP contribution is -2.52. The Bertz CT molecular complexity index is 1080. The number of nitrogens with zero attached hydrogens (tertiary/aromatic N) is 2. The lowest BCUT2D eigenvalue weighted by molar-refractivity contribution is 0.0890. The van der Waals surface area contributed by atoms with Crippen molar-refractivity contribution < 1.29 is 18.7 Å². The van der Waals surface area contributed by atoms with Crippen LogP contribution in [-0.2, 0) is 0 Å². The molecule has 1 N–H and O–H groups in total. The number of nitrogens with one attached hydrogen (secondary N) is 1. The van der Waals surface area contributed by atoms with Gasteiger partial charge in [-0.3, -0.25) is 9.69 Å². The number of amides is 1. The zero-order chi connectivity index (χ0) is 24.1. The first-order valence-electron chi connectivity index (χ1n) is 11.3. The number of anilines is 1. The fourth-order valence-corrected chi connectivity index (χ4v) is 5.42. The first-order valence-corrected chi connectivity index (χ1v) is 12.2. The van der Waals surface area contributed by atoms with Crippen LogP contribution in [-0.4, -0.2) is 57.2 Å². The number of rotatable bonds is 8. The van der Waals surface area contributed by atoms with E-state index in [4.69, 9.17) is 9.47 Å². The number of methoxy groups -OCH3 is 2. The van der Waals surface area contributed by atoms with E-state index in [-0.39, 0.29) is 23.8 Å². The summed E-state index contributed by atoms with van der Waals surface area (Å²) in [6, 6.07) is 15.9. The van der Waals surface area contributed by atoms with Crippen molar-refractivity contribution in [3.05, 3.63) is 76.2 Å². The highest BCUT2D eigenvalue weighted by atomic mass is 32.1. The molecule has 4 rings (SSSR count). The van der Waals surface area contributed by atoms with Gasteiger partial charge in [0.15, 0.2) is 11.5 Å². The normalized spacial score (nSPS) is 16.1. The van der Waals surface area contributed by atoms with Crippen LogP contribution in [0.2, 0.25) is 0 Å². The maximum absolute atomic E-state index is 13.3. The molecule has 8 heteroatoms. The molecule has 6 nitrogen and oxygen atoms in total. The average molecular weight is 484 g/mol. The molecular formula is C26H30FN3O3S. The van der Waals surface area contributed by atoms with Gasteiger partial charge in [0.1, 0.15) is 5.82 Å². The van der Waals surface area contributed by atoms with Gasteiger partial charge in [-0.25, -0.2) is 4.39 Å². The van der Waals surface area contributed by atoms with Crippen LogP contribution in [0, 0.1) is 5.82 Å². The number of hydrogen-bond donors (Lipinski definition) is 1. The van der Waals surface area contributed by atoms with Crippen molar-refractivity contribution in [3.63, 3.8) is 0 Å². The Morgan fingerprint density at radius 2 is 1.71 bits per heavy atom. The summed E-state index contributed by atoms with van der Waals surface area (Å²) in [5, 5.41) is 5.26. The smallest absolute Gasteiger partial charge is 0.251 e. The molecule has 3 aromatic rings. The van der Waals surface area contributed by atoms with Crippen LogP contribution in [0.25, 0.3) is 0 Å². The molecule has 0 bridgehead atoms. The molecule has 0 aliphatic carbocycles. The number of carbonyl (C=O) groups is 1. The molecule has 2 atom stereocenters. The van der Waals surface area contributed by atoms with E-state index in [1.807, 2.05) is 18.2 Å². The molecule has 1 aliphatic heterocycles. The number of benzene rings is 2. The molecule has 0 spiro atoms. The summed E-state index contributed by atoms with van der Waals surface area (Å²) in [6.45, 7) is 5.41. The lowest BCUT2D eigenvalue weighted by Gasteiger charge is -2.42. The van der Waals surface area contributed by atoms with Crippen LogP contribution in [0.1, 0.15) is 28.2 Å². The molecule has 0 saturated carbocycles. The second-order valence-electron chi connectivity index (χ2n) is 8.29. The minimum Gasteiger partial charge on any atom is -0.493 e. The minimum atomic E-state index is -0.223. The maximum Gasteiger partial charge on any atom is 0.251 e. The number of hydrogen-bond acceptors (Lipinski definition) is 6. The molecule has 1 amide bonds. The molecule has 1 aromatic heterocycles. The molecule has 180 valence electrons. The summed E-state index contributed by atoms with van der Waals surface area (Å²) in [7, 11) is 3.13. The molecular weight excluding hydrogens is 453 g/mol. The van der Waals surface area contributed by atoms with Crippen molar-refractivity contribution in [2.24, 2.45) is 0 Å². The number of carbonyl (C=O) groups excluding carboxylic acids is 1. The largest absolute Gasteiger partial charge is 0.493 e. The van der Waals surface area contributed by atoms with Gasteiger partial charge in [-0.2, -0.15) is 0 Å². The van der Waals surface area contributed by atoms with Crippen LogP contribution < -0.4 is 19.7 Å². The molecule has 1 aliphatic rings. The average Bonchev–Trinajstić information content (AvgIpc) is 3.39. The predicted molar refractivity (Wildman–Crippen MR) is 134 cm³/mol. The predicted octanol–water partition coefficient (Wildman–Crippen LogP) is 4.59. The number of piperazine rings is 1. The fourth-order valence-electron chi connectivity index (χ4n) is 4.46. The topological polar surface area (TPSA) is 54.0 Å². The van der Waals surface area contributed by atoms with Gasteiger partial charge >= 0.3 is 0 Å². The molecule has 1 saturated heterocycles. The van der Waals surface area contributed by atoms with E-state index in [0.29, 0.717) is 17.1 Å². The Kier molecular flexibility index (Phi) is 7.70. The van der Waals surface area contributed by atoms with Gasteiger partial charge < -0.3 is 19.7 Å². The summed E-state index contributed by atoms with van der Waals surface area (Å²) in [6.07, 6.45) is 0. The lowest BCUT2D eigenvalue weighted by atomic mass is 10.0. The van der Waals surface area contributed by atoms with Gasteiger partial charge in [0, 0.05) is 48.3 Å². The Hall–Kier alpha value is -3.10. The quantitative estimate of drug-likeness (QED) is 0.508. The second kappa shape index (κ2) is 10.9. The summed E-state index contributed by atoms with van der Waals surface area (Å²) in [5.41, 5.74) is 1.55. The Labute approximate surface area is 203 Å². The van der Waals surface area contributed by atoms with Crippen molar-refractivity contribution in [1.82, 2.24) is 10.2 Å². The summed E-state index contributed by atoms with van der Waals surface area (Å²) < 4.78 is 23.9. The minimum absolute atomic E-state index is 0.0551. The van der Waals surface area contributed by atoms with Crippen molar-refractivity contribution in [2.45, 2.75) is 19.0 Å². The van der Waals surface area contributed by atoms with E-state index in [2.05, 4.69) is 33.5 Å². The molecule has 1 fully saturated rings. The first-order chi connectivity index (χ1) is 16.5. The molecule has 0 radical (unpaired) electrons. The Morgan fingerprint density at radius 1 is 1.00 bits per heavy atom. The van der Waals surface area contributed by atoms with Gasteiger partial charge in [0.25, 0.3) is 5.91 Å². The molecule has 34 heavy (non-hydrogen) atoms. The number of ether oxygens (including phenoxy) is 2. The van der Waals surface area contributed by atoms with E-state index >= 15 is 0 Å². The maximum atomic E-state index is 13.3. The van der Waals surface area contributed by atoms with Gasteiger partial charge in [-0.05, 0) is 60.8 Å². The summed E-state index contributed by atoms with van der Waals surface area (Å²) >= 11 is 1.70. The fraction of sp³-hybridized carbons (Fsp3) is 0.346. The third-order valence-electron chi connectivity index (χ3n) is 6.21. The van der Waals surface area contributed by atoms with E-state index < -0.39 is 0 Å². The number of thiophene rings is 1. The van der Waals surface area contributed by atoms with Crippen LogP contribution in [0.3, 0.4) is 0 Å². The van der Waals surface area contributed by atoms with Crippen molar-refractivity contribution in [3.8, 4) is 11.5 Å². The van der Waals surface area contributed by atoms with Crippen LogP contribution in [0.15, 0.2) is 60.0 Å². The van der Waals surface area contributed by atoms with E-state index in [1.165, 1.54) is 17.0 Å². The van der Waals surface area contributed by atoms with E-state index in [0.717, 1.165) is 31.9 Å². The third-order valence-corrected chi connectivity index (χ3v) is 7.16. The molecule has 2 aromatic carbocycles. The standard InChI is InChI=1S/C26H30FN3O3S/c1-18(28-26(31)19-6-11-22(32-2)23(17-19)33-3)25(24-5-4-16-34-24)30-14-12-29(13-15-30)21-9-7-20(27)8-10-21/h4-11,16-18,25H,12-15H2,1-3H3,(H,28,31)/t18-,25+/m0/s1. The van der Waals surface area contributed by atoms with Crippen molar-refractivity contribution in [2.75, 3.05) is 45.3 Å². The summed E-state index contributed by atoms with van der Waals surface area (Å²) in [4.78, 5) is 19.0. The van der Waals surface area contributed by atoms with Gasteiger partial charge in [-0.1, -0.05) is 6.07 Å². The van der Waals surface area contributed by atoms with E-state index in [9.17, 15) is 9.18 Å². The highest BCUT2D eigenvalue weighted by Gasteiger charge is 2.31. The van der Waals surface area contributed by atoms with Crippen LogP contribution in [0.5, 0.6) is 11.5 Å². The zero-order valence-corrected chi connectivity index (χ0v) is 20.5. The Morgan fingerprint density at radius 3 is 2.32 bits per heavy atom. The zero-order valence-electron chi connectivity index (χ0n) is 19.7. The van der Waals surface area contributed by atoms with Crippen molar-refractivity contribution in [1.29, 1.82) is 0 Å². The third kappa shape index (κ3) is 5.34. The first kappa shape index (κ1) is 24.0. The molecule has 2 heterocycles. The number of halogens is 1. The summed E-state index contributed by atoms with van der Waals surface area (Å²) in [5.74, 6) is 0.733. The van der Waals surface area contributed by atoms with Crippen molar-refractivity contribution >= 4 is 22.9 Å². The highest BCUT2D eigenvalue weighted by Crippen LogP contribution is 2.31. The van der Waals surface area contributed by atoms with Crippen LogP contribution in [0.4, 0.5) is 10.1 Å². The van der Waals surface area contributed by atoms with Gasteiger partial charge in [-0.15, -0.1) is 11.3 Å². The SMILES string of the molecule is COc1ccc(C(=O)N[C@@H](C)[C@H](c2cccs2)N2CCN(c3ccc(F)cc3)CC2)cc1OC. The highest BCUT2D eigenvalue weighted by molar-refractivity contribution is 7.10. The van der Waals surface area contributed by atoms with Gasteiger partial charge in [0.05, 0.1) is 20.3 Å². The Balaban J connectivity index is 1.46. The van der Waals surface area contributed by atoms with E-state index in [1.54, 1.807) is 43.8 Å². The van der Waals surface area contributed by atoms with Crippen LogP contribution >= 0.6 is 11.3 Å². The monoisotopic (exact) mass is 483 g/mol. The second-order valence-corrected chi connectivity index (χ2v) is 9.27. The molecule has 0 unspecified atom stereocenters.